The van der Waals surface area contributed by atoms with Crippen LogP contribution in [-0.2, 0) is 9.59 Å². The normalized spacial score (nSPS) is 12.3. The van der Waals surface area contributed by atoms with Crippen LogP contribution in [0.25, 0.3) is 0 Å². The summed E-state index contributed by atoms with van der Waals surface area (Å²) in [7, 11) is 0. The highest BCUT2D eigenvalue weighted by molar-refractivity contribution is 7.80. The van der Waals surface area contributed by atoms with Crippen molar-refractivity contribution in [3.63, 3.8) is 0 Å². The molecule has 4 nitrogen and oxygen atoms in total. The van der Waals surface area contributed by atoms with E-state index in [1.807, 2.05) is 0 Å². The Morgan fingerprint density at radius 2 is 1.25 bits per heavy atom. The van der Waals surface area contributed by atoms with Crippen molar-refractivity contribution < 1.29 is 14.7 Å². The van der Waals surface area contributed by atoms with Crippen LogP contribution in [0.15, 0.2) is 0 Å². The summed E-state index contributed by atoms with van der Waals surface area (Å²) in [5, 5.41) is 8.49. The zero-order valence-electron chi connectivity index (χ0n) is 12.4. The molecule has 0 aromatic carbocycles. The predicted octanol–water partition coefficient (Wildman–Crippen LogP) is 3.19. The topological polar surface area (TPSA) is 80.4 Å². The standard InChI is InChI=1S/C15H29NO3S/c16-13(12-20)14(17)10-8-6-4-2-1-3-5-7-9-11-15(18)19/h13,20H,1-12,16H2,(H,18,19). The van der Waals surface area contributed by atoms with E-state index in [0.29, 0.717) is 18.6 Å². The van der Waals surface area contributed by atoms with Gasteiger partial charge >= 0.3 is 5.97 Å². The number of rotatable bonds is 14. The van der Waals surface area contributed by atoms with Crippen molar-refractivity contribution in [2.24, 2.45) is 5.73 Å². The monoisotopic (exact) mass is 303 g/mol. The van der Waals surface area contributed by atoms with Gasteiger partial charge < -0.3 is 10.8 Å². The zero-order chi connectivity index (χ0) is 15.2. The quantitative estimate of drug-likeness (QED) is 0.340. The number of unbranched alkanes of at least 4 members (excludes halogenated alkanes) is 8. The van der Waals surface area contributed by atoms with Gasteiger partial charge in [0.25, 0.3) is 0 Å². The van der Waals surface area contributed by atoms with Gasteiger partial charge in [-0.05, 0) is 12.8 Å². The van der Waals surface area contributed by atoms with Crippen molar-refractivity contribution in [2.45, 2.75) is 76.7 Å². The van der Waals surface area contributed by atoms with Crippen LogP contribution < -0.4 is 5.73 Å². The fourth-order valence-electron chi connectivity index (χ4n) is 2.10. The molecule has 0 aliphatic carbocycles. The first-order valence-corrected chi connectivity index (χ1v) is 8.32. The van der Waals surface area contributed by atoms with Gasteiger partial charge in [-0.3, -0.25) is 9.59 Å². The van der Waals surface area contributed by atoms with Crippen molar-refractivity contribution in [1.29, 1.82) is 0 Å². The molecular weight excluding hydrogens is 274 g/mol. The van der Waals surface area contributed by atoms with Gasteiger partial charge in [-0.15, -0.1) is 0 Å². The van der Waals surface area contributed by atoms with Gasteiger partial charge in [0.15, 0.2) is 0 Å². The van der Waals surface area contributed by atoms with Crippen LogP contribution in [0.1, 0.15) is 70.6 Å². The Labute approximate surface area is 127 Å². The Bertz CT molecular complexity index is 272. The van der Waals surface area contributed by atoms with Crippen molar-refractivity contribution in [3.8, 4) is 0 Å². The molecule has 0 aromatic rings. The lowest BCUT2D eigenvalue weighted by Crippen LogP contribution is -2.31. The second-order valence-electron chi connectivity index (χ2n) is 5.33. The van der Waals surface area contributed by atoms with Crippen molar-refractivity contribution in [1.82, 2.24) is 0 Å². The van der Waals surface area contributed by atoms with Crippen molar-refractivity contribution in [3.05, 3.63) is 0 Å². The van der Waals surface area contributed by atoms with E-state index in [4.69, 9.17) is 10.8 Å². The first-order valence-electron chi connectivity index (χ1n) is 7.69. The van der Waals surface area contributed by atoms with E-state index in [1.54, 1.807) is 0 Å². The molecule has 0 aliphatic rings. The van der Waals surface area contributed by atoms with Gasteiger partial charge in [-0.2, -0.15) is 12.6 Å². The molecule has 5 heteroatoms. The summed E-state index contributed by atoms with van der Waals surface area (Å²) in [5.41, 5.74) is 5.59. The fourth-order valence-corrected chi connectivity index (χ4v) is 2.30. The molecule has 0 aliphatic heterocycles. The Morgan fingerprint density at radius 3 is 1.65 bits per heavy atom. The van der Waals surface area contributed by atoms with Crippen LogP contribution >= 0.6 is 12.6 Å². The summed E-state index contributed by atoms with van der Waals surface area (Å²) in [6, 6.07) is -0.399. The van der Waals surface area contributed by atoms with Crippen LogP contribution in [0, 0.1) is 0 Å². The Hall–Kier alpha value is -0.550. The molecule has 0 aromatic heterocycles. The second kappa shape index (κ2) is 13.4. The number of carbonyl (C=O) groups excluding carboxylic acids is 1. The van der Waals surface area contributed by atoms with Gasteiger partial charge in [0, 0.05) is 18.6 Å². The van der Waals surface area contributed by atoms with E-state index in [-0.39, 0.29) is 5.78 Å². The molecule has 3 N–H and O–H groups in total. The van der Waals surface area contributed by atoms with Crippen LogP contribution in [0.3, 0.4) is 0 Å². The van der Waals surface area contributed by atoms with Crippen molar-refractivity contribution >= 4 is 24.4 Å². The van der Waals surface area contributed by atoms with Crippen LogP contribution in [-0.4, -0.2) is 28.7 Å². The number of hydrogen-bond donors (Lipinski definition) is 3. The minimum absolute atomic E-state index is 0.124. The smallest absolute Gasteiger partial charge is 0.303 e. The molecule has 0 heterocycles. The Kier molecular flexibility index (Phi) is 13.1. The molecule has 0 rings (SSSR count). The molecule has 0 saturated heterocycles. The number of carboxylic acid groups (broad SMARTS) is 1. The summed E-state index contributed by atoms with van der Waals surface area (Å²) >= 11 is 4.01. The molecule has 20 heavy (non-hydrogen) atoms. The molecule has 0 radical (unpaired) electrons. The molecule has 0 bridgehead atoms. The van der Waals surface area contributed by atoms with E-state index in [0.717, 1.165) is 32.1 Å². The fraction of sp³-hybridized carbons (Fsp3) is 0.867. The maximum absolute atomic E-state index is 11.4. The van der Waals surface area contributed by atoms with Crippen LogP contribution in [0.2, 0.25) is 0 Å². The molecule has 118 valence electrons. The number of Topliss-reactive ketones (excluding diaryl/α,β-unsaturated/α-hetero) is 1. The largest absolute Gasteiger partial charge is 0.481 e. The molecule has 0 amide bonds. The third kappa shape index (κ3) is 12.5. The number of hydrogen-bond acceptors (Lipinski definition) is 4. The molecule has 1 unspecified atom stereocenters. The van der Waals surface area contributed by atoms with Gasteiger partial charge in [0.05, 0.1) is 6.04 Å². The molecule has 1 atom stereocenters. The third-order valence-corrected chi connectivity index (χ3v) is 3.82. The summed E-state index contributed by atoms with van der Waals surface area (Å²) in [6.45, 7) is 0. The van der Waals surface area contributed by atoms with E-state index in [1.165, 1.54) is 25.7 Å². The maximum Gasteiger partial charge on any atom is 0.303 e. The van der Waals surface area contributed by atoms with Gasteiger partial charge in [0.1, 0.15) is 5.78 Å². The number of thiol groups is 1. The van der Waals surface area contributed by atoms with Gasteiger partial charge in [-0.1, -0.05) is 44.9 Å². The molecular formula is C15H29NO3S. The highest BCUT2D eigenvalue weighted by Crippen LogP contribution is 2.11. The number of carboxylic acids is 1. The summed E-state index contributed by atoms with van der Waals surface area (Å²) in [6.07, 6.45) is 10.6. The number of carbonyl (C=O) groups is 2. The van der Waals surface area contributed by atoms with Crippen LogP contribution in [0.5, 0.6) is 0 Å². The Balaban J connectivity index is 3.17. The molecule has 0 fully saturated rings. The van der Waals surface area contributed by atoms with E-state index < -0.39 is 12.0 Å². The zero-order valence-corrected chi connectivity index (χ0v) is 13.2. The number of aliphatic carboxylic acids is 1. The van der Waals surface area contributed by atoms with E-state index >= 15 is 0 Å². The lowest BCUT2D eigenvalue weighted by molar-refractivity contribution is -0.137. The SMILES string of the molecule is NC(CS)C(=O)CCCCCCCCCCCC(=O)O. The lowest BCUT2D eigenvalue weighted by atomic mass is 10.0. The Morgan fingerprint density at radius 1 is 0.850 bits per heavy atom. The first kappa shape index (κ1) is 19.4. The summed E-state index contributed by atoms with van der Waals surface area (Å²) < 4.78 is 0. The minimum atomic E-state index is -0.697. The summed E-state index contributed by atoms with van der Waals surface area (Å²) in [4.78, 5) is 21.7. The predicted molar refractivity (Wildman–Crippen MR) is 85.3 cm³/mol. The first-order chi connectivity index (χ1) is 9.57. The molecule has 0 spiro atoms. The lowest BCUT2D eigenvalue weighted by Gasteiger charge is -2.06. The number of nitrogens with two attached hydrogens (primary N) is 1. The maximum atomic E-state index is 11.4. The highest BCUT2D eigenvalue weighted by atomic mass is 32.1. The average Bonchev–Trinajstić information content (AvgIpc) is 2.43. The highest BCUT2D eigenvalue weighted by Gasteiger charge is 2.10. The van der Waals surface area contributed by atoms with Crippen molar-refractivity contribution in [2.75, 3.05) is 5.75 Å². The van der Waals surface area contributed by atoms with Crippen LogP contribution in [0.4, 0.5) is 0 Å². The third-order valence-electron chi connectivity index (χ3n) is 3.42. The van der Waals surface area contributed by atoms with Gasteiger partial charge in [0.2, 0.25) is 0 Å². The molecule has 0 saturated carbocycles. The van der Waals surface area contributed by atoms with E-state index in [9.17, 15) is 9.59 Å². The summed E-state index contributed by atoms with van der Waals surface area (Å²) in [5.74, 6) is -0.142. The van der Waals surface area contributed by atoms with Gasteiger partial charge in [-0.25, -0.2) is 0 Å². The second-order valence-corrected chi connectivity index (χ2v) is 5.70. The number of ketones is 1. The van der Waals surface area contributed by atoms with E-state index in [2.05, 4.69) is 12.6 Å². The average molecular weight is 303 g/mol. The minimum Gasteiger partial charge on any atom is -0.481 e.